The summed E-state index contributed by atoms with van der Waals surface area (Å²) >= 11 is 1.55. The predicted molar refractivity (Wildman–Crippen MR) is 61.7 cm³/mol. The molecule has 0 aliphatic carbocycles. The Labute approximate surface area is 93.3 Å². The first-order valence-electron chi connectivity index (χ1n) is 4.90. The summed E-state index contributed by atoms with van der Waals surface area (Å²) in [5, 5.41) is 2.85. The zero-order valence-corrected chi connectivity index (χ0v) is 9.80. The fourth-order valence-corrected chi connectivity index (χ4v) is 2.19. The number of hydrogen-bond donors (Lipinski definition) is 2. The third kappa shape index (κ3) is 3.17. The molecule has 0 saturated carbocycles. The standard InChI is InChI=1S/C9H16N4OS/c1-3-13(4-2)9-11-7(6-15-9)5-8(14)12-10/h6H,3-5,10H2,1-2H3,(H,12,14). The van der Waals surface area contributed by atoms with Crippen LogP contribution in [0.1, 0.15) is 19.5 Å². The number of thiazole rings is 1. The highest BCUT2D eigenvalue weighted by atomic mass is 32.1. The number of amides is 1. The van der Waals surface area contributed by atoms with E-state index in [1.807, 2.05) is 5.38 Å². The Kier molecular flexibility index (Phi) is 4.51. The van der Waals surface area contributed by atoms with Crippen LogP contribution in [0.3, 0.4) is 0 Å². The quantitative estimate of drug-likeness (QED) is 0.438. The van der Waals surface area contributed by atoms with Crippen LogP contribution >= 0.6 is 11.3 Å². The maximum absolute atomic E-state index is 11.0. The van der Waals surface area contributed by atoms with E-state index in [0.717, 1.165) is 23.9 Å². The first kappa shape index (κ1) is 11.9. The lowest BCUT2D eigenvalue weighted by Crippen LogP contribution is -2.31. The lowest BCUT2D eigenvalue weighted by Gasteiger charge is -2.16. The van der Waals surface area contributed by atoms with Gasteiger partial charge < -0.3 is 4.90 Å². The fraction of sp³-hybridized carbons (Fsp3) is 0.556. The van der Waals surface area contributed by atoms with Crippen LogP contribution in [-0.2, 0) is 11.2 Å². The molecule has 3 N–H and O–H groups in total. The van der Waals surface area contributed by atoms with Crippen LogP contribution in [0.4, 0.5) is 5.13 Å². The van der Waals surface area contributed by atoms with E-state index in [0.29, 0.717) is 0 Å². The van der Waals surface area contributed by atoms with Gasteiger partial charge in [0.15, 0.2) is 5.13 Å². The van der Waals surface area contributed by atoms with Crippen LogP contribution < -0.4 is 16.2 Å². The molecule has 15 heavy (non-hydrogen) atoms. The van der Waals surface area contributed by atoms with E-state index in [4.69, 9.17) is 5.84 Å². The van der Waals surface area contributed by atoms with Crippen molar-refractivity contribution in [1.29, 1.82) is 0 Å². The number of hydrogen-bond acceptors (Lipinski definition) is 5. The molecule has 1 aromatic rings. The summed E-state index contributed by atoms with van der Waals surface area (Å²) < 4.78 is 0. The highest BCUT2D eigenvalue weighted by Gasteiger charge is 2.09. The molecular weight excluding hydrogens is 212 g/mol. The van der Waals surface area contributed by atoms with Crippen LogP contribution in [0.15, 0.2) is 5.38 Å². The monoisotopic (exact) mass is 228 g/mol. The lowest BCUT2D eigenvalue weighted by atomic mass is 10.3. The van der Waals surface area contributed by atoms with Crippen molar-refractivity contribution >= 4 is 22.4 Å². The van der Waals surface area contributed by atoms with Crippen LogP contribution in [-0.4, -0.2) is 24.0 Å². The van der Waals surface area contributed by atoms with Gasteiger partial charge in [0.05, 0.1) is 12.1 Å². The molecule has 1 heterocycles. The number of rotatable bonds is 5. The van der Waals surface area contributed by atoms with Crippen molar-refractivity contribution in [3.8, 4) is 0 Å². The number of aromatic nitrogens is 1. The summed E-state index contributed by atoms with van der Waals surface area (Å²) in [5.41, 5.74) is 2.86. The Morgan fingerprint density at radius 2 is 2.27 bits per heavy atom. The van der Waals surface area contributed by atoms with Gasteiger partial charge in [-0.15, -0.1) is 11.3 Å². The predicted octanol–water partition coefficient (Wildman–Crippen LogP) is 0.522. The normalized spacial score (nSPS) is 10.1. The topological polar surface area (TPSA) is 71.2 Å². The van der Waals surface area contributed by atoms with E-state index in [9.17, 15) is 4.79 Å². The molecule has 0 radical (unpaired) electrons. The van der Waals surface area contributed by atoms with E-state index in [1.54, 1.807) is 11.3 Å². The molecule has 0 spiro atoms. The molecule has 0 aromatic carbocycles. The number of nitrogens with one attached hydrogen (secondary N) is 1. The number of nitrogens with zero attached hydrogens (tertiary/aromatic N) is 2. The summed E-state index contributed by atoms with van der Waals surface area (Å²) in [6.07, 6.45) is 0.244. The van der Waals surface area contributed by atoms with Gasteiger partial charge in [-0.3, -0.25) is 10.2 Å². The van der Waals surface area contributed by atoms with Crippen LogP contribution in [0.2, 0.25) is 0 Å². The third-order valence-corrected chi connectivity index (χ3v) is 3.03. The highest BCUT2D eigenvalue weighted by molar-refractivity contribution is 7.13. The molecule has 84 valence electrons. The van der Waals surface area contributed by atoms with Gasteiger partial charge >= 0.3 is 0 Å². The van der Waals surface area contributed by atoms with Gasteiger partial charge in [-0.25, -0.2) is 10.8 Å². The molecule has 1 rings (SSSR count). The molecule has 0 bridgehead atoms. The second-order valence-electron chi connectivity index (χ2n) is 3.04. The van der Waals surface area contributed by atoms with E-state index in [1.165, 1.54) is 0 Å². The maximum atomic E-state index is 11.0. The maximum Gasteiger partial charge on any atom is 0.239 e. The third-order valence-electron chi connectivity index (χ3n) is 2.08. The van der Waals surface area contributed by atoms with Gasteiger partial charge in [0.2, 0.25) is 5.91 Å². The van der Waals surface area contributed by atoms with Crippen molar-refractivity contribution in [2.45, 2.75) is 20.3 Å². The Morgan fingerprint density at radius 3 is 2.80 bits per heavy atom. The van der Waals surface area contributed by atoms with E-state index >= 15 is 0 Å². The zero-order chi connectivity index (χ0) is 11.3. The SMILES string of the molecule is CCN(CC)c1nc(CC(=O)NN)cs1. The molecule has 1 amide bonds. The van der Waals surface area contributed by atoms with E-state index in [2.05, 4.69) is 29.2 Å². The van der Waals surface area contributed by atoms with Gasteiger partial charge in [0, 0.05) is 18.5 Å². The molecule has 0 aliphatic heterocycles. The fourth-order valence-electron chi connectivity index (χ4n) is 1.23. The molecule has 0 saturated heterocycles. The smallest absolute Gasteiger partial charge is 0.239 e. The van der Waals surface area contributed by atoms with Gasteiger partial charge in [0.25, 0.3) is 0 Å². The average molecular weight is 228 g/mol. The average Bonchev–Trinajstić information content (AvgIpc) is 2.68. The Balaban J connectivity index is 2.67. The van der Waals surface area contributed by atoms with E-state index < -0.39 is 0 Å². The first-order chi connectivity index (χ1) is 7.21. The van der Waals surface area contributed by atoms with Crippen molar-refractivity contribution < 1.29 is 4.79 Å². The molecule has 0 unspecified atom stereocenters. The van der Waals surface area contributed by atoms with Crippen molar-refractivity contribution in [3.05, 3.63) is 11.1 Å². The van der Waals surface area contributed by atoms with Crippen molar-refractivity contribution in [3.63, 3.8) is 0 Å². The molecule has 0 fully saturated rings. The van der Waals surface area contributed by atoms with Crippen LogP contribution in [0, 0.1) is 0 Å². The Morgan fingerprint density at radius 1 is 1.60 bits per heavy atom. The second-order valence-corrected chi connectivity index (χ2v) is 3.87. The zero-order valence-electron chi connectivity index (χ0n) is 8.99. The van der Waals surface area contributed by atoms with Gasteiger partial charge in [-0.2, -0.15) is 0 Å². The summed E-state index contributed by atoms with van der Waals surface area (Å²) in [7, 11) is 0. The molecule has 6 heteroatoms. The van der Waals surface area contributed by atoms with Crippen molar-refractivity contribution in [1.82, 2.24) is 10.4 Å². The minimum Gasteiger partial charge on any atom is -0.349 e. The van der Waals surface area contributed by atoms with Crippen molar-refractivity contribution in [2.75, 3.05) is 18.0 Å². The van der Waals surface area contributed by atoms with Gasteiger partial charge in [-0.1, -0.05) is 0 Å². The highest BCUT2D eigenvalue weighted by Crippen LogP contribution is 2.20. The molecule has 5 nitrogen and oxygen atoms in total. The van der Waals surface area contributed by atoms with Gasteiger partial charge in [0.1, 0.15) is 0 Å². The summed E-state index contributed by atoms with van der Waals surface area (Å²) in [6, 6.07) is 0. The Bertz CT molecular complexity index is 322. The molecule has 0 atom stereocenters. The second kappa shape index (κ2) is 5.67. The lowest BCUT2D eigenvalue weighted by molar-refractivity contribution is -0.120. The Hall–Kier alpha value is -1.14. The minimum absolute atomic E-state index is 0.216. The molecular formula is C9H16N4OS. The summed E-state index contributed by atoms with van der Waals surface area (Å²) in [5.74, 6) is 4.79. The molecule has 1 aromatic heterocycles. The number of carbonyl (C=O) groups excluding carboxylic acids is 1. The number of nitrogens with two attached hydrogens (primary N) is 1. The number of anilines is 1. The van der Waals surface area contributed by atoms with Crippen LogP contribution in [0.25, 0.3) is 0 Å². The van der Waals surface area contributed by atoms with Crippen molar-refractivity contribution in [2.24, 2.45) is 5.84 Å². The van der Waals surface area contributed by atoms with E-state index in [-0.39, 0.29) is 12.3 Å². The first-order valence-corrected chi connectivity index (χ1v) is 5.78. The van der Waals surface area contributed by atoms with Gasteiger partial charge in [-0.05, 0) is 13.8 Å². The summed E-state index contributed by atoms with van der Waals surface area (Å²) in [4.78, 5) is 17.5. The number of hydrazine groups is 1. The summed E-state index contributed by atoms with van der Waals surface area (Å²) in [6.45, 7) is 6.01. The largest absolute Gasteiger partial charge is 0.349 e. The minimum atomic E-state index is -0.216. The van der Waals surface area contributed by atoms with Crippen LogP contribution in [0.5, 0.6) is 0 Å². The number of carbonyl (C=O) groups is 1. The molecule has 0 aliphatic rings.